The third-order valence-electron chi connectivity index (χ3n) is 3.46. The second-order valence-corrected chi connectivity index (χ2v) is 6.52. The van der Waals surface area contributed by atoms with E-state index in [9.17, 15) is 0 Å². The summed E-state index contributed by atoms with van der Waals surface area (Å²) in [5.74, 6) is 0.473. The van der Waals surface area contributed by atoms with Crippen molar-refractivity contribution in [3.63, 3.8) is 0 Å². The van der Waals surface area contributed by atoms with Gasteiger partial charge in [0, 0.05) is 37.6 Å². The van der Waals surface area contributed by atoms with E-state index in [2.05, 4.69) is 30.7 Å². The van der Waals surface area contributed by atoms with Crippen LogP contribution in [0.2, 0.25) is 0 Å². The smallest absolute Gasteiger partial charge is 0.107 e. The molecule has 1 aromatic heterocycles. The van der Waals surface area contributed by atoms with E-state index in [0.717, 1.165) is 32.7 Å². The minimum atomic E-state index is 0.473. The highest BCUT2D eigenvalue weighted by Crippen LogP contribution is 2.25. The van der Waals surface area contributed by atoms with Gasteiger partial charge in [0.15, 0.2) is 0 Å². The van der Waals surface area contributed by atoms with Crippen molar-refractivity contribution in [2.45, 2.75) is 32.9 Å². The molecular formula is C13H24N4S. The molecule has 1 aromatic rings. The highest BCUT2D eigenvalue weighted by molar-refractivity contribution is 7.11. The average Bonchev–Trinajstić information content (AvgIpc) is 2.75. The van der Waals surface area contributed by atoms with Gasteiger partial charge >= 0.3 is 0 Å². The Morgan fingerprint density at radius 1 is 1.28 bits per heavy atom. The summed E-state index contributed by atoms with van der Waals surface area (Å²) in [5, 5.41) is 1.23. The molecule has 1 aliphatic rings. The number of nitrogens with two attached hydrogens (primary N) is 1. The largest absolute Gasteiger partial charge is 0.326 e. The number of hydrogen-bond donors (Lipinski definition) is 1. The summed E-state index contributed by atoms with van der Waals surface area (Å²) in [6.45, 7) is 10.6. The van der Waals surface area contributed by atoms with Crippen molar-refractivity contribution in [1.29, 1.82) is 0 Å². The van der Waals surface area contributed by atoms with Gasteiger partial charge in [-0.05, 0) is 13.0 Å². The van der Waals surface area contributed by atoms with Gasteiger partial charge in [-0.25, -0.2) is 4.98 Å². The molecule has 0 amide bonds. The standard InChI is InChI=1S/C13H24N4S/c1-10(2)13-11(8-14)18-12(15-13)9-17-6-4-16(3)5-7-17/h10H,4-9,14H2,1-3H3. The second-order valence-electron chi connectivity index (χ2n) is 5.35. The van der Waals surface area contributed by atoms with Crippen molar-refractivity contribution in [2.24, 2.45) is 5.73 Å². The highest BCUT2D eigenvalue weighted by atomic mass is 32.1. The predicted molar refractivity (Wildman–Crippen MR) is 76.9 cm³/mol. The molecular weight excluding hydrogens is 244 g/mol. The minimum Gasteiger partial charge on any atom is -0.326 e. The molecule has 0 atom stereocenters. The quantitative estimate of drug-likeness (QED) is 0.898. The van der Waals surface area contributed by atoms with Gasteiger partial charge in [-0.2, -0.15) is 0 Å². The molecule has 0 aliphatic carbocycles. The van der Waals surface area contributed by atoms with Crippen LogP contribution in [0.25, 0.3) is 0 Å². The van der Waals surface area contributed by atoms with Crippen LogP contribution in [0.1, 0.15) is 35.3 Å². The van der Waals surface area contributed by atoms with E-state index in [1.807, 2.05) is 0 Å². The van der Waals surface area contributed by atoms with E-state index >= 15 is 0 Å². The fourth-order valence-electron chi connectivity index (χ4n) is 2.28. The first kappa shape index (κ1) is 13.9. The molecule has 1 aliphatic heterocycles. The van der Waals surface area contributed by atoms with E-state index in [4.69, 9.17) is 10.7 Å². The molecule has 5 heteroatoms. The lowest BCUT2D eigenvalue weighted by Crippen LogP contribution is -2.43. The molecule has 18 heavy (non-hydrogen) atoms. The third kappa shape index (κ3) is 3.29. The van der Waals surface area contributed by atoms with Crippen LogP contribution in [0.5, 0.6) is 0 Å². The summed E-state index contributed by atoms with van der Waals surface area (Å²) in [4.78, 5) is 10.9. The van der Waals surface area contributed by atoms with Gasteiger partial charge in [-0.3, -0.25) is 4.90 Å². The Balaban J connectivity index is 2.01. The Labute approximate surface area is 114 Å². The first-order valence-corrected chi connectivity index (χ1v) is 7.51. The Morgan fingerprint density at radius 2 is 1.94 bits per heavy atom. The predicted octanol–water partition coefficient (Wildman–Crippen LogP) is 1.47. The van der Waals surface area contributed by atoms with Crippen molar-refractivity contribution in [3.05, 3.63) is 15.6 Å². The molecule has 102 valence electrons. The molecule has 2 heterocycles. The number of aromatic nitrogens is 1. The number of hydrogen-bond acceptors (Lipinski definition) is 5. The van der Waals surface area contributed by atoms with Gasteiger partial charge in [0.2, 0.25) is 0 Å². The van der Waals surface area contributed by atoms with Crippen LogP contribution in [-0.4, -0.2) is 48.0 Å². The molecule has 2 rings (SSSR count). The van der Waals surface area contributed by atoms with Crippen LogP contribution in [0, 0.1) is 0 Å². The maximum atomic E-state index is 5.80. The minimum absolute atomic E-state index is 0.473. The highest BCUT2D eigenvalue weighted by Gasteiger charge is 2.18. The number of nitrogens with zero attached hydrogens (tertiary/aromatic N) is 3. The van der Waals surface area contributed by atoms with E-state index in [1.54, 1.807) is 11.3 Å². The van der Waals surface area contributed by atoms with Crippen molar-refractivity contribution >= 4 is 11.3 Å². The van der Waals surface area contributed by atoms with Gasteiger partial charge in [0.05, 0.1) is 12.2 Å². The lowest BCUT2D eigenvalue weighted by Gasteiger charge is -2.31. The van der Waals surface area contributed by atoms with Crippen LogP contribution >= 0.6 is 11.3 Å². The number of rotatable bonds is 4. The third-order valence-corrected chi connectivity index (χ3v) is 4.54. The lowest BCUT2D eigenvalue weighted by atomic mass is 10.1. The molecule has 0 aromatic carbocycles. The maximum absolute atomic E-state index is 5.80. The van der Waals surface area contributed by atoms with Gasteiger partial charge in [-0.1, -0.05) is 13.8 Å². The number of thiazole rings is 1. The van der Waals surface area contributed by atoms with Crippen molar-refractivity contribution in [3.8, 4) is 0 Å². The molecule has 0 bridgehead atoms. The average molecular weight is 268 g/mol. The molecule has 2 N–H and O–H groups in total. The molecule has 0 unspecified atom stereocenters. The van der Waals surface area contributed by atoms with E-state index in [-0.39, 0.29) is 0 Å². The molecule has 4 nitrogen and oxygen atoms in total. The monoisotopic (exact) mass is 268 g/mol. The Hall–Kier alpha value is -0.490. The zero-order valence-corrected chi connectivity index (χ0v) is 12.5. The summed E-state index contributed by atoms with van der Waals surface area (Å²) in [7, 11) is 2.18. The fourth-order valence-corrected chi connectivity index (χ4v) is 3.42. The molecule has 1 saturated heterocycles. The first-order valence-electron chi connectivity index (χ1n) is 6.69. The van der Waals surface area contributed by atoms with Crippen LogP contribution in [-0.2, 0) is 13.1 Å². The second kappa shape index (κ2) is 6.10. The lowest BCUT2D eigenvalue weighted by molar-refractivity contribution is 0.148. The maximum Gasteiger partial charge on any atom is 0.107 e. The Bertz CT molecular complexity index is 380. The fraction of sp³-hybridized carbons (Fsp3) is 0.769. The molecule has 0 saturated carbocycles. The van der Waals surface area contributed by atoms with E-state index in [0.29, 0.717) is 12.5 Å². The number of likely N-dealkylation sites (N-methyl/N-ethyl adjacent to an activating group) is 1. The topological polar surface area (TPSA) is 45.4 Å². The van der Waals surface area contributed by atoms with E-state index < -0.39 is 0 Å². The van der Waals surface area contributed by atoms with Gasteiger partial charge in [0.1, 0.15) is 5.01 Å². The van der Waals surface area contributed by atoms with Crippen molar-refractivity contribution < 1.29 is 0 Å². The summed E-state index contributed by atoms with van der Waals surface area (Å²) in [6.07, 6.45) is 0. The number of piperazine rings is 1. The normalized spacial score (nSPS) is 18.7. The van der Waals surface area contributed by atoms with Crippen molar-refractivity contribution in [1.82, 2.24) is 14.8 Å². The van der Waals surface area contributed by atoms with Crippen LogP contribution in [0.3, 0.4) is 0 Å². The Morgan fingerprint density at radius 3 is 2.44 bits per heavy atom. The zero-order valence-electron chi connectivity index (χ0n) is 11.6. The summed E-state index contributed by atoms with van der Waals surface area (Å²) >= 11 is 1.79. The molecule has 1 fully saturated rings. The van der Waals surface area contributed by atoms with E-state index in [1.165, 1.54) is 15.6 Å². The van der Waals surface area contributed by atoms with Gasteiger partial charge in [-0.15, -0.1) is 11.3 Å². The van der Waals surface area contributed by atoms with Gasteiger partial charge < -0.3 is 10.6 Å². The van der Waals surface area contributed by atoms with Crippen LogP contribution in [0.15, 0.2) is 0 Å². The summed E-state index contributed by atoms with van der Waals surface area (Å²) < 4.78 is 0. The Kier molecular flexibility index (Phi) is 4.72. The summed E-state index contributed by atoms with van der Waals surface area (Å²) in [5.41, 5.74) is 7.00. The van der Waals surface area contributed by atoms with Crippen LogP contribution < -0.4 is 5.73 Å². The molecule has 0 radical (unpaired) electrons. The van der Waals surface area contributed by atoms with Gasteiger partial charge in [0.25, 0.3) is 0 Å². The van der Waals surface area contributed by atoms with Crippen LogP contribution in [0.4, 0.5) is 0 Å². The first-order chi connectivity index (χ1) is 8.60. The van der Waals surface area contributed by atoms with Crippen molar-refractivity contribution in [2.75, 3.05) is 33.2 Å². The molecule has 0 spiro atoms. The zero-order chi connectivity index (χ0) is 13.1. The SMILES string of the molecule is CC(C)c1nc(CN2CCN(C)CC2)sc1CN. The summed E-state index contributed by atoms with van der Waals surface area (Å²) in [6, 6.07) is 0.